The minimum atomic E-state index is -0.991. The zero-order valence-electron chi connectivity index (χ0n) is 29.1. The number of rotatable bonds is 9. The predicted octanol–water partition coefficient (Wildman–Crippen LogP) is 6.97. The van der Waals surface area contributed by atoms with E-state index in [4.69, 9.17) is 14.2 Å². The van der Waals surface area contributed by atoms with Crippen LogP contribution in [0.3, 0.4) is 0 Å². The Kier molecular flexibility index (Phi) is 9.77. The third-order valence-electron chi connectivity index (χ3n) is 8.67. The average molecular weight is 690 g/mol. The minimum absolute atomic E-state index is 0.0507. The number of carbonyl (C=O) groups excluding carboxylic acids is 1. The number of anilines is 1. The zero-order valence-corrected chi connectivity index (χ0v) is 29.1. The number of hydrogen-bond donors (Lipinski definition) is 2. The Bertz CT molecular complexity index is 2190. The molecule has 1 aliphatic rings. The second-order valence-corrected chi connectivity index (χ2v) is 13.1. The fourth-order valence-corrected chi connectivity index (χ4v) is 6.25. The van der Waals surface area contributed by atoms with Gasteiger partial charge in [-0.25, -0.2) is 9.78 Å². The van der Waals surface area contributed by atoms with Crippen molar-refractivity contribution in [2.24, 2.45) is 0 Å². The Hall–Kier alpha value is -6.17. The van der Waals surface area contributed by atoms with Gasteiger partial charge in [-0.2, -0.15) is 0 Å². The van der Waals surface area contributed by atoms with Crippen molar-refractivity contribution in [2.75, 3.05) is 32.6 Å². The van der Waals surface area contributed by atoms with Gasteiger partial charge in [0.15, 0.2) is 11.5 Å². The number of ether oxygens (including phenoxy) is 3. The molecule has 12 nitrogen and oxygen atoms in total. The second kappa shape index (κ2) is 14.4. The first-order valence-electron chi connectivity index (χ1n) is 16.4. The molecule has 0 atom stereocenters. The molecule has 51 heavy (non-hydrogen) atoms. The lowest BCUT2D eigenvalue weighted by molar-refractivity contribution is 0.102. The van der Waals surface area contributed by atoms with Gasteiger partial charge in [-0.1, -0.05) is 57.2 Å². The molecule has 0 saturated heterocycles. The summed E-state index contributed by atoms with van der Waals surface area (Å²) < 4.78 is 18.6. The number of carbonyl (C=O) groups is 2. The van der Waals surface area contributed by atoms with Crippen molar-refractivity contribution in [1.82, 2.24) is 19.4 Å². The predicted molar refractivity (Wildman–Crippen MR) is 194 cm³/mol. The van der Waals surface area contributed by atoms with Crippen molar-refractivity contribution in [3.63, 3.8) is 0 Å². The zero-order chi connectivity index (χ0) is 36.3. The molecule has 0 unspecified atom stereocenters. The highest BCUT2D eigenvalue weighted by Gasteiger charge is 2.30. The minimum Gasteiger partial charge on any atom is -0.493 e. The van der Waals surface area contributed by atoms with E-state index in [-0.39, 0.29) is 24.5 Å². The van der Waals surface area contributed by atoms with Gasteiger partial charge in [0.05, 0.1) is 32.5 Å². The van der Waals surface area contributed by atoms with Gasteiger partial charge >= 0.3 is 6.09 Å². The van der Waals surface area contributed by atoms with Gasteiger partial charge in [0, 0.05) is 41.8 Å². The van der Waals surface area contributed by atoms with E-state index in [0.717, 1.165) is 22.4 Å². The van der Waals surface area contributed by atoms with Gasteiger partial charge in [-0.15, -0.1) is 0 Å². The largest absolute Gasteiger partial charge is 0.493 e. The Labute approximate surface area is 294 Å². The van der Waals surface area contributed by atoms with Crippen molar-refractivity contribution in [3.8, 4) is 23.0 Å². The van der Waals surface area contributed by atoms with Gasteiger partial charge in [0.25, 0.3) is 11.5 Å². The molecule has 0 aliphatic carbocycles. The maximum Gasteiger partial charge on any atom is 0.407 e. The molecule has 4 heterocycles. The molecule has 6 rings (SSSR count). The summed E-state index contributed by atoms with van der Waals surface area (Å²) in [5, 5.41) is 13.0. The molecular formula is C39H39N5O7. The molecule has 1 aliphatic heterocycles. The van der Waals surface area contributed by atoms with E-state index in [1.165, 1.54) is 11.1 Å². The van der Waals surface area contributed by atoms with Crippen LogP contribution >= 0.6 is 0 Å². The molecule has 262 valence electrons. The number of carboxylic acid groups (broad SMARTS) is 1. The average Bonchev–Trinajstić information content (AvgIpc) is 3.12. The van der Waals surface area contributed by atoms with Crippen molar-refractivity contribution in [1.29, 1.82) is 0 Å². The number of aromatic nitrogens is 3. The smallest absolute Gasteiger partial charge is 0.407 e. The van der Waals surface area contributed by atoms with E-state index in [0.29, 0.717) is 46.9 Å². The third kappa shape index (κ3) is 7.40. The van der Waals surface area contributed by atoms with Crippen LogP contribution in [-0.2, 0) is 12.0 Å². The van der Waals surface area contributed by atoms with Crippen LogP contribution in [0, 0.1) is 0 Å². The third-order valence-corrected chi connectivity index (χ3v) is 8.67. The van der Waals surface area contributed by atoms with Crippen LogP contribution in [0.25, 0.3) is 16.5 Å². The van der Waals surface area contributed by atoms with E-state index >= 15 is 0 Å². The summed E-state index contributed by atoms with van der Waals surface area (Å²) >= 11 is 0. The molecular weight excluding hydrogens is 650 g/mol. The normalized spacial score (nSPS) is 13.0. The maximum absolute atomic E-state index is 14.2. The number of fused-ring (bicyclic) bond motifs is 1. The second-order valence-electron chi connectivity index (χ2n) is 13.1. The molecule has 2 amide bonds. The summed E-state index contributed by atoms with van der Waals surface area (Å²) in [4.78, 5) is 49.9. The molecule has 2 aromatic carbocycles. The molecule has 12 heteroatoms. The van der Waals surface area contributed by atoms with Crippen LogP contribution in [0.15, 0.2) is 90.0 Å². The number of amides is 2. The first-order chi connectivity index (χ1) is 24.5. The van der Waals surface area contributed by atoms with Crippen LogP contribution in [0.4, 0.5) is 10.6 Å². The molecule has 3 aromatic heterocycles. The van der Waals surface area contributed by atoms with Gasteiger partial charge in [-0.3, -0.25) is 14.6 Å². The van der Waals surface area contributed by atoms with Crippen molar-refractivity contribution >= 4 is 34.3 Å². The highest BCUT2D eigenvalue weighted by molar-refractivity contribution is 6.04. The molecule has 0 saturated carbocycles. The summed E-state index contributed by atoms with van der Waals surface area (Å²) in [5.41, 5.74) is 2.96. The summed E-state index contributed by atoms with van der Waals surface area (Å²) in [5.74, 6) is 1.62. The first kappa shape index (κ1) is 34.7. The summed E-state index contributed by atoms with van der Waals surface area (Å²) in [6.07, 6.45) is 4.41. The topological polar surface area (TPSA) is 145 Å². The monoisotopic (exact) mass is 689 g/mol. The number of nitrogens with zero attached hydrogens (tertiary/aromatic N) is 4. The quantitative estimate of drug-likeness (QED) is 0.168. The lowest BCUT2D eigenvalue weighted by atomic mass is 9.83. The molecule has 0 bridgehead atoms. The van der Waals surface area contributed by atoms with Crippen LogP contribution in [0.2, 0.25) is 0 Å². The molecule has 0 spiro atoms. The maximum atomic E-state index is 14.2. The van der Waals surface area contributed by atoms with Gasteiger partial charge < -0.3 is 34.1 Å². The lowest BCUT2D eigenvalue weighted by Gasteiger charge is -2.31. The van der Waals surface area contributed by atoms with Crippen molar-refractivity contribution < 1.29 is 28.9 Å². The molecule has 0 radical (unpaired) electrons. The fraction of sp³-hybridized carbons (Fsp3) is 0.256. The Morgan fingerprint density at radius 2 is 1.69 bits per heavy atom. The van der Waals surface area contributed by atoms with E-state index in [1.807, 2.05) is 57.2 Å². The molecule has 2 N–H and O–H groups in total. The Morgan fingerprint density at radius 3 is 2.31 bits per heavy atom. The summed E-state index contributed by atoms with van der Waals surface area (Å²) in [6, 6.07) is 19.8. The standard InChI is InChI=1S/C39H39N5O7/c1-39(2,3)35-27(25-14-17-43(18-15-25)38(47)48)19-29(37(46)44(35)23-24-9-7-6-8-10-24)36(45)42-34-12-11-26(22-41-34)51-31-13-16-40-30-21-33(50-5)32(49-4)20-28(30)31/h6-14,16,19-22H,15,17-18,23H2,1-5H3,(H,47,48)(H,41,42,45). The van der Waals surface area contributed by atoms with Gasteiger partial charge in [-0.05, 0) is 53.5 Å². The highest BCUT2D eigenvalue weighted by atomic mass is 16.5. The van der Waals surface area contributed by atoms with E-state index < -0.39 is 23.0 Å². The van der Waals surface area contributed by atoms with E-state index in [9.17, 15) is 19.5 Å². The van der Waals surface area contributed by atoms with E-state index in [1.54, 1.807) is 61.4 Å². The van der Waals surface area contributed by atoms with Crippen LogP contribution in [-0.4, -0.2) is 63.9 Å². The summed E-state index contributed by atoms with van der Waals surface area (Å²) in [6.45, 7) is 6.84. The van der Waals surface area contributed by atoms with Gasteiger partial charge in [0.1, 0.15) is 22.9 Å². The Balaban J connectivity index is 1.33. The number of methoxy groups -OCH3 is 2. The highest BCUT2D eigenvalue weighted by Crippen LogP contribution is 2.37. The van der Waals surface area contributed by atoms with Crippen LogP contribution < -0.4 is 25.1 Å². The molecule has 5 aromatic rings. The van der Waals surface area contributed by atoms with Gasteiger partial charge in [0.2, 0.25) is 0 Å². The number of benzene rings is 2. The first-order valence-corrected chi connectivity index (χ1v) is 16.4. The lowest BCUT2D eigenvalue weighted by Crippen LogP contribution is -2.37. The molecule has 0 fully saturated rings. The summed E-state index contributed by atoms with van der Waals surface area (Å²) in [7, 11) is 3.11. The van der Waals surface area contributed by atoms with E-state index in [2.05, 4.69) is 15.3 Å². The number of nitrogens with one attached hydrogen (secondary N) is 1. The van der Waals surface area contributed by atoms with Crippen LogP contribution in [0.1, 0.15) is 54.4 Å². The number of pyridine rings is 3. The van der Waals surface area contributed by atoms with Crippen molar-refractivity contribution in [3.05, 3.63) is 118 Å². The van der Waals surface area contributed by atoms with Crippen molar-refractivity contribution in [2.45, 2.75) is 39.2 Å². The Morgan fingerprint density at radius 1 is 0.941 bits per heavy atom. The number of hydrogen-bond acceptors (Lipinski definition) is 8. The fourth-order valence-electron chi connectivity index (χ4n) is 6.25. The van der Waals surface area contributed by atoms with Crippen LogP contribution in [0.5, 0.6) is 23.0 Å². The SMILES string of the molecule is COc1cc2nccc(Oc3ccc(NC(=O)c4cc(C5=CCN(C(=O)O)CC5)c(C(C)(C)C)n(Cc5ccccc5)c4=O)nc3)c2cc1OC.